The number of carbonyl (C=O) groups is 1. The lowest BCUT2D eigenvalue weighted by atomic mass is 9.93. The summed E-state index contributed by atoms with van der Waals surface area (Å²) in [6.45, 7) is 2.20. The van der Waals surface area contributed by atoms with Gasteiger partial charge in [0.05, 0.1) is 0 Å². The van der Waals surface area contributed by atoms with Gasteiger partial charge in [-0.1, -0.05) is 24.3 Å². The highest BCUT2D eigenvalue weighted by atomic mass is 19.1. The van der Waals surface area contributed by atoms with Crippen LogP contribution in [0.3, 0.4) is 0 Å². The molecule has 1 aliphatic carbocycles. The smallest absolute Gasteiger partial charge is 0.223 e. The predicted molar refractivity (Wildman–Crippen MR) is 69.5 cm³/mol. The van der Waals surface area contributed by atoms with E-state index in [9.17, 15) is 9.18 Å². The van der Waals surface area contributed by atoms with Gasteiger partial charge < -0.3 is 5.32 Å². The molecule has 0 radical (unpaired) electrons. The summed E-state index contributed by atoms with van der Waals surface area (Å²) in [4.78, 5) is 11.9. The van der Waals surface area contributed by atoms with E-state index in [2.05, 4.69) is 17.5 Å². The number of hydrogen-bond acceptors (Lipinski definition) is 1. The van der Waals surface area contributed by atoms with Crippen LogP contribution in [0, 0.1) is 18.7 Å². The number of aryl methyl sites for hydroxylation is 1. The van der Waals surface area contributed by atoms with Crippen molar-refractivity contribution in [2.24, 2.45) is 5.92 Å². The molecule has 2 nitrogen and oxygen atoms in total. The van der Waals surface area contributed by atoms with Crippen molar-refractivity contribution >= 4 is 5.91 Å². The molecule has 0 saturated heterocycles. The van der Waals surface area contributed by atoms with Crippen LogP contribution in [0.2, 0.25) is 0 Å². The van der Waals surface area contributed by atoms with Crippen LogP contribution in [0.25, 0.3) is 0 Å². The van der Waals surface area contributed by atoms with Crippen molar-refractivity contribution in [1.82, 2.24) is 5.32 Å². The second kappa shape index (κ2) is 5.80. The van der Waals surface area contributed by atoms with Crippen LogP contribution in [0.5, 0.6) is 0 Å². The van der Waals surface area contributed by atoms with Gasteiger partial charge in [0.1, 0.15) is 5.82 Å². The van der Waals surface area contributed by atoms with Crippen LogP contribution >= 0.6 is 0 Å². The fourth-order valence-electron chi connectivity index (χ4n) is 2.18. The van der Waals surface area contributed by atoms with Crippen LogP contribution in [0.15, 0.2) is 30.4 Å². The molecule has 1 aliphatic rings. The summed E-state index contributed by atoms with van der Waals surface area (Å²) >= 11 is 0. The second-order valence-electron chi connectivity index (χ2n) is 4.78. The molecular formula is C15H18FNO. The Morgan fingerprint density at radius 3 is 2.94 bits per heavy atom. The third kappa shape index (κ3) is 3.19. The van der Waals surface area contributed by atoms with E-state index in [1.165, 1.54) is 6.07 Å². The quantitative estimate of drug-likeness (QED) is 0.817. The highest BCUT2D eigenvalue weighted by Crippen LogP contribution is 2.18. The molecule has 18 heavy (non-hydrogen) atoms. The molecule has 0 aromatic heterocycles. The van der Waals surface area contributed by atoms with E-state index in [4.69, 9.17) is 0 Å². The van der Waals surface area contributed by atoms with Gasteiger partial charge in [0, 0.05) is 12.5 Å². The largest absolute Gasteiger partial charge is 0.352 e. The number of allylic oxidation sites excluding steroid dienone is 2. The fourth-order valence-corrected chi connectivity index (χ4v) is 2.18. The molecular weight excluding hydrogens is 229 g/mol. The third-order valence-corrected chi connectivity index (χ3v) is 3.33. The molecule has 0 unspecified atom stereocenters. The highest BCUT2D eigenvalue weighted by molar-refractivity contribution is 5.78. The minimum atomic E-state index is -0.206. The highest BCUT2D eigenvalue weighted by Gasteiger charge is 2.17. The normalized spacial score (nSPS) is 18.7. The maximum Gasteiger partial charge on any atom is 0.223 e. The average molecular weight is 247 g/mol. The van der Waals surface area contributed by atoms with E-state index in [1.54, 1.807) is 19.1 Å². The van der Waals surface area contributed by atoms with E-state index in [0.717, 1.165) is 24.8 Å². The number of hydrogen-bond donors (Lipinski definition) is 1. The Morgan fingerprint density at radius 1 is 1.44 bits per heavy atom. The molecule has 3 heteroatoms. The van der Waals surface area contributed by atoms with Gasteiger partial charge in [0.25, 0.3) is 0 Å². The lowest BCUT2D eigenvalue weighted by Crippen LogP contribution is -2.30. The summed E-state index contributed by atoms with van der Waals surface area (Å²) in [7, 11) is 0. The number of rotatable bonds is 3. The molecule has 0 fully saturated rings. The number of benzene rings is 1. The Labute approximate surface area is 107 Å². The van der Waals surface area contributed by atoms with Gasteiger partial charge in [0.15, 0.2) is 0 Å². The number of carbonyl (C=O) groups excluding carboxylic acids is 1. The van der Waals surface area contributed by atoms with E-state index < -0.39 is 0 Å². The van der Waals surface area contributed by atoms with E-state index in [0.29, 0.717) is 12.1 Å². The maximum absolute atomic E-state index is 13.1. The molecule has 1 aromatic rings. The molecule has 1 aromatic carbocycles. The summed E-state index contributed by atoms with van der Waals surface area (Å²) in [6.07, 6.45) is 6.91. The molecule has 2 rings (SSSR count). The number of halogens is 1. The standard InChI is InChI=1S/C15H18FNO/c1-11-9-12(7-8-14(11)16)10-17-15(18)13-5-3-2-4-6-13/h2-3,7-9,13H,4-6,10H2,1H3,(H,17,18)/t13-/m1/s1. The van der Waals surface area contributed by atoms with E-state index >= 15 is 0 Å². The topological polar surface area (TPSA) is 29.1 Å². The summed E-state index contributed by atoms with van der Waals surface area (Å²) in [6, 6.07) is 4.93. The van der Waals surface area contributed by atoms with Crippen LogP contribution in [-0.2, 0) is 11.3 Å². The third-order valence-electron chi connectivity index (χ3n) is 3.33. The van der Waals surface area contributed by atoms with Gasteiger partial charge in [0.2, 0.25) is 5.91 Å². The first-order valence-corrected chi connectivity index (χ1v) is 6.34. The molecule has 1 atom stereocenters. The number of amides is 1. The van der Waals surface area contributed by atoms with Crippen LogP contribution in [-0.4, -0.2) is 5.91 Å². The molecule has 0 aliphatic heterocycles. The Morgan fingerprint density at radius 2 is 2.28 bits per heavy atom. The average Bonchev–Trinajstić information content (AvgIpc) is 2.41. The maximum atomic E-state index is 13.1. The summed E-state index contributed by atoms with van der Waals surface area (Å²) in [5, 5.41) is 2.92. The molecule has 0 heterocycles. The van der Waals surface area contributed by atoms with Crippen molar-refractivity contribution in [2.75, 3.05) is 0 Å². The van der Waals surface area contributed by atoms with Gasteiger partial charge in [-0.25, -0.2) is 4.39 Å². The SMILES string of the molecule is Cc1cc(CNC(=O)[C@@H]2CC=CCC2)ccc1F. The molecule has 1 N–H and O–H groups in total. The first-order valence-electron chi connectivity index (χ1n) is 6.34. The predicted octanol–water partition coefficient (Wildman–Crippen LogP) is 3.11. The van der Waals surface area contributed by atoms with Gasteiger partial charge >= 0.3 is 0 Å². The van der Waals surface area contributed by atoms with Crippen molar-refractivity contribution in [3.63, 3.8) is 0 Å². The van der Waals surface area contributed by atoms with Gasteiger partial charge in [-0.3, -0.25) is 4.79 Å². The van der Waals surface area contributed by atoms with Crippen molar-refractivity contribution in [3.05, 3.63) is 47.3 Å². The first-order chi connectivity index (χ1) is 8.66. The Bertz CT molecular complexity index is 468. The Hall–Kier alpha value is -1.64. The summed E-state index contributed by atoms with van der Waals surface area (Å²) < 4.78 is 13.1. The molecule has 1 amide bonds. The zero-order valence-electron chi connectivity index (χ0n) is 10.6. The van der Waals surface area contributed by atoms with Crippen molar-refractivity contribution in [1.29, 1.82) is 0 Å². The minimum absolute atomic E-state index is 0.0940. The van der Waals surface area contributed by atoms with Crippen LogP contribution in [0.1, 0.15) is 30.4 Å². The Kier molecular flexibility index (Phi) is 4.13. The van der Waals surface area contributed by atoms with E-state index in [1.807, 2.05) is 0 Å². The zero-order chi connectivity index (χ0) is 13.0. The lowest BCUT2D eigenvalue weighted by molar-refractivity contribution is -0.125. The molecule has 96 valence electrons. The van der Waals surface area contributed by atoms with Gasteiger partial charge in [-0.2, -0.15) is 0 Å². The molecule has 0 bridgehead atoms. The monoisotopic (exact) mass is 247 g/mol. The first kappa shape index (κ1) is 12.8. The second-order valence-corrected chi connectivity index (χ2v) is 4.78. The molecule has 0 saturated carbocycles. The number of nitrogens with one attached hydrogen (secondary N) is 1. The Balaban J connectivity index is 1.88. The summed E-state index contributed by atoms with van der Waals surface area (Å²) in [5.41, 5.74) is 1.55. The van der Waals surface area contributed by atoms with Crippen LogP contribution < -0.4 is 5.32 Å². The van der Waals surface area contributed by atoms with Crippen molar-refractivity contribution < 1.29 is 9.18 Å². The van der Waals surface area contributed by atoms with E-state index in [-0.39, 0.29) is 17.6 Å². The van der Waals surface area contributed by atoms with Crippen molar-refractivity contribution in [2.45, 2.75) is 32.7 Å². The van der Waals surface area contributed by atoms with Crippen molar-refractivity contribution in [3.8, 4) is 0 Å². The fraction of sp³-hybridized carbons (Fsp3) is 0.400. The zero-order valence-corrected chi connectivity index (χ0v) is 10.6. The minimum Gasteiger partial charge on any atom is -0.352 e. The lowest BCUT2D eigenvalue weighted by Gasteiger charge is -2.17. The summed E-state index contributed by atoms with van der Waals surface area (Å²) in [5.74, 6) is -0.0135. The van der Waals surface area contributed by atoms with Crippen LogP contribution in [0.4, 0.5) is 4.39 Å². The molecule has 0 spiro atoms. The van der Waals surface area contributed by atoms with Gasteiger partial charge in [-0.15, -0.1) is 0 Å². The van der Waals surface area contributed by atoms with Gasteiger partial charge in [-0.05, 0) is 43.4 Å².